The van der Waals surface area contributed by atoms with Gasteiger partial charge in [-0.15, -0.1) is 0 Å². The molecule has 192 valence electrons. The highest BCUT2D eigenvalue weighted by Crippen LogP contribution is 2.56. The normalized spacial score (nSPS) is 30.2. The van der Waals surface area contributed by atoms with Crippen LogP contribution in [-0.4, -0.2) is 46.2 Å². The lowest BCUT2D eigenvalue weighted by molar-refractivity contribution is -0.209. The molecule has 3 saturated heterocycles. The third kappa shape index (κ3) is 3.62. The number of hydrogen-bond acceptors (Lipinski definition) is 7. The molecule has 1 saturated carbocycles. The van der Waals surface area contributed by atoms with Crippen LogP contribution in [0.5, 0.6) is 0 Å². The molecule has 9 heteroatoms. The minimum absolute atomic E-state index is 0.00389. The highest BCUT2D eigenvalue weighted by Gasteiger charge is 2.56. The Morgan fingerprint density at radius 2 is 1.95 bits per heavy atom. The number of H-pyrrole nitrogens is 1. The van der Waals surface area contributed by atoms with E-state index >= 15 is 0 Å². The first-order valence-electron chi connectivity index (χ1n) is 13.2. The molecular formula is C28H31N5O4. The molecule has 2 bridgehead atoms. The Kier molecular flexibility index (Phi) is 4.92. The fourth-order valence-corrected chi connectivity index (χ4v) is 6.88. The van der Waals surface area contributed by atoms with Crippen molar-refractivity contribution in [2.24, 2.45) is 22.2 Å². The van der Waals surface area contributed by atoms with Gasteiger partial charge in [-0.1, -0.05) is 26.0 Å². The number of carbonyl (C=O) groups excluding carboxylic acids is 1. The summed E-state index contributed by atoms with van der Waals surface area (Å²) in [6.07, 6.45) is 5.09. The van der Waals surface area contributed by atoms with E-state index in [4.69, 9.17) is 14.6 Å². The first-order valence-corrected chi connectivity index (χ1v) is 13.2. The number of rotatable bonds is 5. The van der Waals surface area contributed by atoms with Crippen LogP contribution in [0.25, 0.3) is 10.9 Å². The lowest BCUT2D eigenvalue weighted by Crippen LogP contribution is -2.54. The van der Waals surface area contributed by atoms with Crippen LogP contribution in [-0.2, 0) is 19.9 Å². The van der Waals surface area contributed by atoms with Gasteiger partial charge in [0.2, 0.25) is 0 Å². The van der Waals surface area contributed by atoms with E-state index in [2.05, 4.69) is 29.1 Å². The number of aliphatic imine (C=N–C) groups is 1. The van der Waals surface area contributed by atoms with Crippen LogP contribution in [0.4, 0.5) is 11.5 Å². The average Bonchev–Trinajstić information content (AvgIpc) is 3.66. The number of ether oxygens (including phenoxy) is 2. The van der Waals surface area contributed by atoms with Crippen LogP contribution in [0.15, 0.2) is 46.3 Å². The molecular weight excluding hydrogens is 470 g/mol. The van der Waals surface area contributed by atoms with E-state index in [9.17, 15) is 9.59 Å². The molecule has 4 aliphatic heterocycles. The number of anilines is 2. The second-order valence-corrected chi connectivity index (χ2v) is 11.6. The van der Waals surface area contributed by atoms with Crippen molar-refractivity contribution in [3.05, 3.63) is 52.4 Å². The first kappa shape index (κ1) is 22.7. The van der Waals surface area contributed by atoms with Gasteiger partial charge in [-0.05, 0) is 54.9 Å². The molecule has 9 nitrogen and oxygen atoms in total. The van der Waals surface area contributed by atoms with Crippen molar-refractivity contribution in [1.29, 1.82) is 0 Å². The number of hydrogen-bond donors (Lipinski definition) is 2. The van der Waals surface area contributed by atoms with Gasteiger partial charge in [-0.2, -0.15) is 5.10 Å². The summed E-state index contributed by atoms with van der Waals surface area (Å²) in [4.78, 5) is 32.8. The first-order chi connectivity index (χ1) is 17.8. The maximum absolute atomic E-state index is 12.9. The molecule has 5 aliphatic rings. The van der Waals surface area contributed by atoms with Gasteiger partial charge in [-0.3, -0.25) is 19.3 Å². The molecule has 0 radical (unpaired) electrons. The van der Waals surface area contributed by atoms with E-state index in [-0.39, 0.29) is 34.8 Å². The molecule has 1 aliphatic carbocycles. The molecule has 1 aromatic carbocycles. The summed E-state index contributed by atoms with van der Waals surface area (Å²) in [5, 5.41) is 8.78. The number of fused-ring (bicyclic) bond motifs is 4. The molecule has 0 spiro atoms. The minimum atomic E-state index is -0.569. The lowest BCUT2D eigenvalue weighted by Gasteiger charge is -2.53. The predicted molar refractivity (Wildman–Crippen MR) is 139 cm³/mol. The van der Waals surface area contributed by atoms with Gasteiger partial charge < -0.3 is 19.8 Å². The highest BCUT2D eigenvalue weighted by molar-refractivity contribution is 5.99. The number of esters is 1. The number of aromatic amines is 1. The SMILES string of the molecule is CC1(C)CC2(c3ccc(Nc4nn(C5COCCC5C5=NC5)c5cc[nH]c(=O)c45)cc3)CCC1C(=O)O2. The van der Waals surface area contributed by atoms with E-state index in [1.165, 1.54) is 5.71 Å². The van der Waals surface area contributed by atoms with Crippen molar-refractivity contribution in [3.63, 3.8) is 0 Å². The Bertz CT molecular complexity index is 1490. The van der Waals surface area contributed by atoms with Crippen LogP contribution in [0.1, 0.15) is 51.1 Å². The Hall–Kier alpha value is -3.46. The quantitative estimate of drug-likeness (QED) is 0.510. The van der Waals surface area contributed by atoms with Gasteiger partial charge in [0.15, 0.2) is 5.82 Å². The molecule has 8 rings (SSSR count). The number of pyridine rings is 1. The lowest BCUT2D eigenvalue weighted by atomic mass is 9.59. The zero-order valence-corrected chi connectivity index (χ0v) is 21.1. The summed E-state index contributed by atoms with van der Waals surface area (Å²) >= 11 is 0. The van der Waals surface area contributed by atoms with Crippen LogP contribution in [0, 0.1) is 17.3 Å². The van der Waals surface area contributed by atoms with Crippen molar-refractivity contribution >= 4 is 34.1 Å². The maximum Gasteiger partial charge on any atom is 0.310 e. The topological polar surface area (TPSA) is 111 Å². The standard InChI is InChI=1S/C28H31N5O4/c1-27(2)15-28(10-7-19(27)26(35)37-28)16-3-5-17(6-4-16)31-24-23-21(8-11-29-25(23)34)33(32-24)22-14-36-12-9-18(22)20-13-30-20/h3-6,8,11,18-19,22H,7,9-10,12-15H2,1-2H3,(H,29,34)(H,31,32). The summed E-state index contributed by atoms with van der Waals surface area (Å²) in [6.45, 7) is 6.40. The highest BCUT2D eigenvalue weighted by atomic mass is 16.6. The Labute approximate surface area is 214 Å². The third-order valence-electron chi connectivity index (χ3n) is 8.81. The largest absolute Gasteiger partial charge is 0.454 e. The molecule has 2 aromatic heterocycles. The van der Waals surface area contributed by atoms with E-state index in [1.807, 2.05) is 35.0 Å². The van der Waals surface area contributed by atoms with E-state index in [0.29, 0.717) is 24.4 Å². The Morgan fingerprint density at radius 3 is 2.68 bits per heavy atom. The smallest absolute Gasteiger partial charge is 0.310 e. The molecule has 3 aromatic rings. The fourth-order valence-electron chi connectivity index (χ4n) is 6.88. The van der Waals surface area contributed by atoms with Gasteiger partial charge in [-0.25, -0.2) is 0 Å². The van der Waals surface area contributed by atoms with Crippen LogP contribution in [0.3, 0.4) is 0 Å². The Balaban J connectivity index is 1.21. The van der Waals surface area contributed by atoms with Gasteiger partial charge in [0.25, 0.3) is 5.56 Å². The summed E-state index contributed by atoms with van der Waals surface area (Å²) in [7, 11) is 0. The molecule has 4 fully saturated rings. The van der Waals surface area contributed by atoms with Crippen LogP contribution >= 0.6 is 0 Å². The van der Waals surface area contributed by atoms with Crippen LogP contribution < -0.4 is 10.9 Å². The van der Waals surface area contributed by atoms with Crippen molar-refractivity contribution in [1.82, 2.24) is 14.8 Å². The van der Waals surface area contributed by atoms with E-state index < -0.39 is 5.60 Å². The summed E-state index contributed by atoms with van der Waals surface area (Å²) < 4.78 is 13.7. The molecule has 4 atom stereocenters. The number of carbonyl (C=O) groups is 1. The second kappa shape index (κ2) is 8.02. The van der Waals surface area contributed by atoms with Crippen molar-refractivity contribution in [2.45, 2.75) is 51.2 Å². The van der Waals surface area contributed by atoms with E-state index in [0.717, 1.165) is 49.0 Å². The van der Waals surface area contributed by atoms with Gasteiger partial charge in [0, 0.05) is 30.1 Å². The molecule has 4 unspecified atom stereocenters. The van der Waals surface area contributed by atoms with Gasteiger partial charge >= 0.3 is 5.97 Å². The minimum Gasteiger partial charge on any atom is -0.454 e. The molecule has 37 heavy (non-hydrogen) atoms. The Morgan fingerprint density at radius 1 is 1.14 bits per heavy atom. The van der Waals surface area contributed by atoms with Crippen molar-refractivity contribution in [2.75, 3.05) is 25.1 Å². The summed E-state index contributed by atoms with van der Waals surface area (Å²) in [5.41, 5.74) is 2.98. The maximum atomic E-state index is 12.9. The zero-order valence-electron chi connectivity index (χ0n) is 21.1. The van der Waals surface area contributed by atoms with E-state index in [1.54, 1.807) is 6.20 Å². The fraction of sp³-hybridized carbons (Fsp3) is 0.500. The molecule has 6 heterocycles. The number of nitrogens with one attached hydrogen (secondary N) is 2. The molecule has 2 N–H and O–H groups in total. The molecule has 0 amide bonds. The van der Waals surface area contributed by atoms with Gasteiger partial charge in [0.1, 0.15) is 11.0 Å². The van der Waals surface area contributed by atoms with Crippen molar-refractivity contribution in [3.8, 4) is 0 Å². The summed E-state index contributed by atoms with van der Waals surface area (Å²) in [5.74, 6) is 0.691. The number of aromatic nitrogens is 3. The van der Waals surface area contributed by atoms with Gasteiger partial charge in [0.05, 0.1) is 30.6 Å². The predicted octanol–water partition coefficient (Wildman–Crippen LogP) is 4.08. The average molecular weight is 502 g/mol. The van der Waals surface area contributed by atoms with Crippen LogP contribution in [0.2, 0.25) is 0 Å². The third-order valence-corrected chi connectivity index (χ3v) is 8.81. The van der Waals surface area contributed by atoms with Crippen molar-refractivity contribution < 1.29 is 14.3 Å². The number of nitrogens with zero attached hydrogens (tertiary/aromatic N) is 3. The second-order valence-electron chi connectivity index (χ2n) is 11.6. The monoisotopic (exact) mass is 501 g/mol. The number of benzene rings is 1. The summed E-state index contributed by atoms with van der Waals surface area (Å²) in [6, 6.07) is 9.88. The zero-order chi connectivity index (χ0) is 25.4.